The van der Waals surface area contributed by atoms with Crippen LogP contribution in [0.5, 0.6) is 0 Å². The fourth-order valence-corrected chi connectivity index (χ4v) is 2.78. The van der Waals surface area contributed by atoms with Crippen molar-refractivity contribution in [2.75, 3.05) is 6.54 Å². The number of aliphatic hydroxyl groups excluding tert-OH is 1. The van der Waals surface area contributed by atoms with Gasteiger partial charge in [-0.05, 0) is 25.8 Å². The lowest BCUT2D eigenvalue weighted by Gasteiger charge is -2.14. The molecule has 0 saturated heterocycles. The van der Waals surface area contributed by atoms with E-state index in [1.54, 1.807) is 11.3 Å². The summed E-state index contributed by atoms with van der Waals surface area (Å²) in [5, 5.41) is 13.9. The second-order valence-corrected chi connectivity index (χ2v) is 7.32. The summed E-state index contributed by atoms with van der Waals surface area (Å²) >= 11 is 1.78. The van der Waals surface area contributed by atoms with Crippen LogP contribution in [-0.2, 0) is 12.0 Å². The Hall–Kier alpha value is -0.450. The highest BCUT2D eigenvalue weighted by Crippen LogP contribution is 2.26. The molecule has 0 bridgehead atoms. The molecular weight excluding hydrogens is 244 g/mol. The summed E-state index contributed by atoms with van der Waals surface area (Å²) in [5.41, 5.74) is 0.141. The van der Waals surface area contributed by atoms with Crippen LogP contribution < -0.4 is 5.32 Å². The van der Waals surface area contributed by atoms with Gasteiger partial charge in [-0.1, -0.05) is 27.7 Å². The third kappa shape index (κ3) is 5.46. The molecule has 0 spiro atoms. The first-order valence-electron chi connectivity index (χ1n) is 6.63. The van der Waals surface area contributed by atoms with Crippen molar-refractivity contribution in [3.63, 3.8) is 0 Å². The summed E-state index contributed by atoms with van der Waals surface area (Å²) in [6.07, 6.45) is 2.61. The zero-order chi connectivity index (χ0) is 13.8. The maximum atomic E-state index is 9.30. The minimum absolute atomic E-state index is 0.141. The third-order valence-corrected chi connectivity index (χ3v) is 4.15. The monoisotopic (exact) mass is 270 g/mol. The van der Waals surface area contributed by atoms with Crippen molar-refractivity contribution in [1.29, 1.82) is 0 Å². The number of aliphatic hydroxyl groups is 1. The fraction of sp³-hybridized carbons (Fsp3) is 0.786. The van der Waals surface area contributed by atoms with E-state index in [1.807, 2.05) is 13.1 Å². The van der Waals surface area contributed by atoms with Crippen molar-refractivity contribution < 1.29 is 5.11 Å². The lowest BCUT2D eigenvalue weighted by Crippen LogP contribution is -2.22. The zero-order valence-electron chi connectivity index (χ0n) is 12.2. The van der Waals surface area contributed by atoms with Crippen LogP contribution in [-0.4, -0.2) is 22.7 Å². The summed E-state index contributed by atoms with van der Waals surface area (Å²) in [6.45, 7) is 12.4. The van der Waals surface area contributed by atoms with Crippen LogP contribution in [0, 0.1) is 5.92 Å². The quantitative estimate of drug-likeness (QED) is 0.835. The molecule has 18 heavy (non-hydrogen) atoms. The van der Waals surface area contributed by atoms with Crippen molar-refractivity contribution >= 4 is 11.3 Å². The van der Waals surface area contributed by atoms with Crippen LogP contribution in [0.3, 0.4) is 0 Å². The summed E-state index contributed by atoms with van der Waals surface area (Å²) in [4.78, 5) is 5.75. The highest BCUT2D eigenvalue weighted by atomic mass is 32.1. The minimum Gasteiger partial charge on any atom is -0.393 e. The molecule has 4 heteroatoms. The molecule has 0 fully saturated rings. The van der Waals surface area contributed by atoms with Gasteiger partial charge in [0.25, 0.3) is 0 Å². The van der Waals surface area contributed by atoms with Crippen molar-refractivity contribution in [2.24, 2.45) is 5.92 Å². The Morgan fingerprint density at radius 2 is 2.06 bits per heavy atom. The van der Waals surface area contributed by atoms with E-state index in [0.29, 0.717) is 5.92 Å². The molecule has 1 rings (SSSR count). The molecule has 2 N–H and O–H groups in total. The predicted molar refractivity (Wildman–Crippen MR) is 78.0 cm³/mol. The van der Waals surface area contributed by atoms with E-state index >= 15 is 0 Å². The van der Waals surface area contributed by atoms with Crippen molar-refractivity contribution in [3.8, 4) is 0 Å². The van der Waals surface area contributed by atoms with Gasteiger partial charge in [0.1, 0.15) is 0 Å². The van der Waals surface area contributed by atoms with Gasteiger partial charge in [-0.15, -0.1) is 11.3 Å². The molecule has 0 radical (unpaired) electrons. The average molecular weight is 270 g/mol. The largest absolute Gasteiger partial charge is 0.393 e. The molecule has 0 aliphatic carbocycles. The molecule has 0 aliphatic heterocycles. The smallest absolute Gasteiger partial charge is 0.0981 e. The van der Waals surface area contributed by atoms with Gasteiger partial charge in [0.05, 0.1) is 11.1 Å². The van der Waals surface area contributed by atoms with Crippen molar-refractivity contribution in [3.05, 3.63) is 16.1 Å². The van der Waals surface area contributed by atoms with Crippen LogP contribution in [0.25, 0.3) is 0 Å². The Labute approximate surface area is 115 Å². The predicted octanol–water partition coefficient (Wildman–Crippen LogP) is 2.94. The SMILES string of the molecule is CC(O)CC(C)CNCc1cnc(C(C)(C)C)s1. The van der Waals surface area contributed by atoms with Gasteiger partial charge in [-0.2, -0.15) is 0 Å². The van der Waals surface area contributed by atoms with E-state index in [2.05, 4.69) is 38.0 Å². The lowest BCUT2D eigenvalue weighted by atomic mass is 9.98. The van der Waals surface area contributed by atoms with Gasteiger partial charge in [0.2, 0.25) is 0 Å². The van der Waals surface area contributed by atoms with E-state index in [4.69, 9.17) is 0 Å². The zero-order valence-corrected chi connectivity index (χ0v) is 13.0. The van der Waals surface area contributed by atoms with Crippen molar-refractivity contribution in [1.82, 2.24) is 10.3 Å². The summed E-state index contributed by atoms with van der Waals surface area (Å²) in [7, 11) is 0. The van der Waals surface area contributed by atoms with Gasteiger partial charge in [-0.25, -0.2) is 4.98 Å². The van der Waals surface area contributed by atoms with Gasteiger partial charge in [0, 0.05) is 23.0 Å². The van der Waals surface area contributed by atoms with Crippen LogP contribution in [0.15, 0.2) is 6.20 Å². The molecule has 1 aromatic heterocycles. The first kappa shape index (κ1) is 15.6. The van der Waals surface area contributed by atoms with Crippen LogP contribution >= 0.6 is 11.3 Å². The first-order chi connectivity index (χ1) is 8.29. The molecule has 1 aromatic rings. The third-order valence-electron chi connectivity index (χ3n) is 2.73. The topological polar surface area (TPSA) is 45.1 Å². The number of nitrogens with zero attached hydrogens (tertiary/aromatic N) is 1. The Kier molecular flexibility index (Phi) is 5.76. The van der Waals surface area contributed by atoms with E-state index < -0.39 is 0 Å². The van der Waals surface area contributed by atoms with Crippen molar-refractivity contribution in [2.45, 2.75) is 59.1 Å². The number of nitrogens with one attached hydrogen (secondary N) is 1. The molecule has 0 saturated carbocycles. The second-order valence-electron chi connectivity index (χ2n) is 6.20. The molecule has 0 amide bonds. The van der Waals surface area contributed by atoms with Gasteiger partial charge in [-0.3, -0.25) is 0 Å². The van der Waals surface area contributed by atoms with Crippen LogP contribution in [0.1, 0.15) is 50.9 Å². The summed E-state index contributed by atoms with van der Waals surface area (Å²) in [5.74, 6) is 0.500. The Morgan fingerprint density at radius 1 is 1.39 bits per heavy atom. The molecular formula is C14H26N2OS. The highest BCUT2D eigenvalue weighted by Gasteiger charge is 2.17. The number of rotatable bonds is 6. The lowest BCUT2D eigenvalue weighted by molar-refractivity contribution is 0.163. The number of hydrogen-bond donors (Lipinski definition) is 2. The second kappa shape index (κ2) is 6.64. The molecule has 2 atom stereocenters. The first-order valence-corrected chi connectivity index (χ1v) is 7.44. The molecule has 3 nitrogen and oxygen atoms in total. The Bertz CT molecular complexity index is 355. The Balaban J connectivity index is 2.34. The number of aromatic nitrogens is 1. The van der Waals surface area contributed by atoms with E-state index in [1.165, 1.54) is 9.88 Å². The molecule has 1 heterocycles. The number of hydrogen-bond acceptors (Lipinski definition) is 4. The molecule has 0 aromatic carbocycles. The molecule has 0 aliphatic rings. The van der Waals surface area contributed by atoms with Gasteiger partial charge in [0.15, 0.2) is 0 Å². The molecule has 104 valence electrons. The van der Waals surface area contributed by atoms with E-state index in [9.17, 15) is 5.11 Å². The van der Waals surface area contributed by atoms with E-state index in [0.717, 1.165) is 19.5 Å². The summed E-state index contributed by atoms with van der Waals surface area (Å²) < 4.78 is 0. The van der Waals surface area contributed by atoms with E-state index in [-0.39, 0.29) is 11.5 Å². The maximum Gasteiger partial charge on any atom is 0.0981 e. The highest BCUT2D eigenvalue weighted by molar-refractivity contribution is 7.11. The molecule has 2 unspecified atom stereocenters. The summed E-state index contributed by atoms with van der Waals surface area (Å²) in [6, 6.07) is 0. The maximum absolute atomic E-state index is 9.30. The average Bonchev–Trinajstić information content (AvgIpc) is 2.64. The van der Waals surface area contributed by atoms with Crippen LogP contribution in [0.4, 0.5) is 0 Å². The Morgan fingerprint density at radius 3 is 2.56 bits per heavy atom. The van der Waals surface area contributed by atoms with Gasteiger partial charge < -0.3 is 10.4 Å². The standard InChI is InChI=1S/C14H26N2OS/c1-10(6-11(2)17)7-15-8-12-9-16-13(18-12)14(3,4)5/h9-11,15,17H,6-8H2,1-5H3. The van der Waals surface area contributed by atoms with Gasteiger partial charge >= 0.3 is 0 Å². The normalized spacial score (nSPS) is 15.7. The van der Waals surface area contributed by atoms with Crippen LogP contribution in [0.2, 0.25) is 0 Å². The number of thiazole rings is 1. The minimum atomic E-state index is -0.210. The fourth-order valence-electron chi connectivity index (χ4n) is 1.84.